The molecule has 6 N–H and O–H groups in total. The van der Waals surface area contributed by atoms with Crippen molar-refractivity contribution in [2.45, 2.75) is 19.6 Å². The fourth-order valence-electron chi connectivity index (χ4n) is 2.69. The molecule has 2 amide bonds. The summed E-state index contributed by atoms with van der Waals surface area (Å²) in [5, 5.41) is 10.3. The van der Waals surface area contributed by atoms with E-state index >= 15 is 0 Å². The number of rotatable bonds is 11. The molecule has 0 saturated heterocycles. The van der Waals surface area contributed by atoms with E-state index in [1.807, 2.05) is 0 Å². The summed E-state index contributed by atoms with van der Waals surface area (Å²) in [5.74, 6) is -0.293. The van der Waals surface area contributed by atoms with Crippen LogP contribution in [-0.2, 0) is 20.9 Å². The number of hydrogen-bond acceptors (Lipinski definition) is 6. The third-order valence-electron chi connectivity index (χ3n) is 4.16. The van der Waals surface area contributed by atoms with Crippen LogP contribution in [0, 0.1) is 5.41 Å². The van der Waals surface area contributed by atoms with Gasteiger partial charge in [0.05, 0.1) is 7.11 Å². The lowest BCUT2D eigenvalue weighted by molar-refractivity contribution is -0.133. The second-order valence-corrected chi connectivity index (χ2v) is 6.33. The van der Waals surface area contributed by atoms with E-state index in [0.29, 0.717) is 23.5 Å². The number of carbonyl (C=O) groups is 2. The highest BCUT2D eigenvalue weighted by Gasteiger charge is 2.22. The van der Waals surface area contributed by atoms with Gasteiger partial charge >= 0.3 is 0 Å². The first-order valence-corrected chi connectivity index (χ1v) is 9.27. The average molecular weight is 414 g/mol. The number of amidine groups is 1. The molecular weight excluding hydrogens is 388 g/mol. The Hall–Kier alpha value is -3.59. The van der Waals surface area contributed by atoms with E-state index in [2.05, 4.69) is 5.32 Å². The largest absolute Gasteiger partial charge is 0.493 e. The van der Waals surface area contributed by atoms with Gasteiger partial charge in [-0.3, -0.25) is 15.0 Å². The molecule has 0 aliphatic heterocycles. The van der Waals surface area contributed by atoms with Crippen molar-refractivity contribution in [3.05, 3.63) is 59.2 Å². The van der Waals surface area contributed by atoms with Crippen LogP contribution < -0.4 is 26.3 Å². The van der Waals surface area contributed by atoms with Gasteiger partial charge in [0.15, 0.2) is 24.2 Å². The Morgan fingerprint density at radius 2 is 1.80 bits per heavy atom. The smallest absolute Gasteiger partial charge is 0.255 e. The number of nitrogen functional groups attached to an aromatic ring is 1. The predicted molar refractivity (Wildman–Crippen MR) is 111 cm³/mol. The quantitative estimate of drug-likeness (QED) is 0.321. The first-order valence-electron chi connectivity index (χ1n) is 9.27. The number of nitrogens with two attached hydrogens (primary N) is 2. The number of hydrogen-bond donors (Lipinski definition) is 4. The molecule has 0 fully saturated rings. The number of methoxy groups -OCH3 is 1. The maximum Gasteiger partial charge on any atom is 0.255 e. The zero-order valence-electron chi connectivity index (χ0n) is 16.9. The predicted octanol–water partition coefficient (Wildman–Crippen LogP) is 1.24. The second kappa shape index (κ2) is 10.8. The molecule has 0 aliphatic rings. The van der Waals surface area contributed by atoms with Gasteiger partial charge in [0.2, 0.25) is 0 Å². The van der Waals surface area contributed by atoms with Crippen LogP contribution in [0.15, 0.2) is 42.5 Å². The molecule has 9 heteroatoms. The number of benzene rings is 2. The highest BCUT2D eigenvalue weighted by Crippen LogP contribution is 2.31. The Morgan fingerprint density at radius 3 is 2.37 bits per heavy atom. The van der Waals surface area contributed by atoms with Crippen molar-refractivity contribution < 1.29 is 23.8 Å². The van der Waals surface area contributed by atoms with Gasteiger partial charge in [0.1, 0.15) is 5.84 Å². The summed E-state index contributed by atoms with van der Waals surface area (Å²) in [7, 11) is 1.47. The van der Waals surface area contributed by atoms with Gasteiger partial charge in [0.25, 0.3) is 11.8 Å². The highest BCUT2D eigenvalue weighted by atomic mass is 16.5. The van der Waals surface area contributed by atoms with Crippen molar-refractivity contribution >= 4 is 17.6 Å². The van der Waals surface area contributed by atoms with E-state index in [9.17, 15) is 9.59 Å². The summed E-state index contributed by atoms with van der Waals surface area (Å²) in [4.78, 5) is 23.8. The molecule has 0 heterocycles. The number of nitrogens with one attached hydrogen (secondary N) is 2. The van der Waals surface area contributed by atoms with Gasteiger partial charge in [-0.25, -0.2) is 0 Å². The van der Waals surface area contributed by atoms with Crippen LogP contribution in [0.25, 0.3) is 0 Å². The van der Waals surface area contributed by atoms with E-state index < -0.39 is 12.0 Å². The zero-order valence-corrected chi connectivity index (χ0v) is 16.9. The lowest BCUT2D eigenvalue weighted by Crippen LogP contribution is -2.30. The van der Waals surface area contributed by atoms with Crippen LogP contribution in [0.5, 0.6) is 11.5 Å². The lowest BCUT2D eigenvalue weighted by atomic mass is 10.1. The second-order valence-electron chi connectivity index (χ2n) is 6.33. The molecule has 0 bridgehead atoms. The highest BCUT2D eigenvalue weighted by molar-refractivity contribution is 5.94. The number of amides is 2. The first kappa shape index (κ1) is 22.7. The van der Waals surface area contributed by atoms with Crippen molar-refractivity contribution in [2.75, 3.05) is 20.3 Å². The maximum atomic E-state index is 12.8. The molecule has 0 aromatic heterocycles. The van der Waals surface area contributed by atoms with Crippen molar-refractivity contribution in [2.24, 2.45) is 11.5 Å². The summed E-state index contributed by atoms with van der Waals surface area (Å²) in [6.45, 7) is 2.06. The Kier molecular flexibility index (Phi) is 8.18. The Morgan fingerprint density at radius 1 is 1.10 bits per heavy atom. The van der Waals surface area contributed by atoms with Crippen molar-refractivity contribution in [1.29, 1.82) is 5.41 Å². The Labute approximate surface area is 174 Å². The topological polar surface area (TPSA) is 150 Å². The zero-order chi connectivity index (χ0) is 22.1. The number of primary amides is 1. The standard InChI is InChI=1S/C21H26N4O5/c1-3-29-19(15-8-9-16(28-2)17(10-15)30-12-18(22)26)21(27)25-11-13-4-6-14(7-5-13)20(23)24/h4-10,19H,3,11-12H2,1-2H3,(H2,22,26)(H3,23,24)(H,25,27)/t19-/m0/s1. The molecule has 160 valence electrons. The molecule has 1 atom stereocenters. The fraction of sp³-hybridized carbons (Fsp3) is 0.286. The monoisotopic (exact) mass is 414 g/mol. The molecule has 30 heavy (non-hydrogen) atoms. The van der Waals surface area contributed by atoms with Gasteiger partial charge in [-0.05, 0) is 30.2 Å². The van der Waals surface area contributed by atoms with Crippen LogP contribution in [0.1, 0.15) is 29.7 Å². The molecule has 2 aromatic carbocycles. The summed E-state index contributed by atoms with van der Waals surface area (Å²) in [6.07, 6.45) is -0.881. The minimum Gasteiger partial charge on any atom is -0.493 e. The summed E-state index contributed by atoms with van der Waals surface area (Å²) < 4.78 is 16.2. The molecule has 0 unspecified atom stereocenters. The molecular formula is C21H26N4O5. The summed E-state index contributed by atoms with van der Waals surface area (Å²) in [5.41, 5.74) is 12.6. The average Bonchev–Trinajstić information content (AvgIpc) is 2.74. The van der Waals surface area contributed by atoms with E-state index in [1.54, 1.807) is 49.4 Å². The Bertz CT molecular complexity index is 899. The normalized spacial score (nSPS) is 11.4. The van der Waals surface area contributed by atoms with Crippen LogP contribution in [-0.4, -0.2) is 38.0 Å². The number of ether oxygens (including phenoxy) is 3. The minimum atomic E-state index is -0.881. The van der Waals surface area contributed by atoms with E-state index in [-0.39, 0.29) is 30.6 Å². The molecule has 2 aromatic rings. The summed E-state index contributed by atoms with van der Waals surface area (Å²) >= 11 is 0. The molecule has 0 aliphatic carbocycles. The lowest BCUT2D eigenvalue weighted by Gasteiger charge is -2.19. The van der Waals surface area contributed by atoms with E-state index in [4.69, 9.17) is 31.1 Å². The first-order chi connectivity index (χ1) is 14.3. The van der Waals surface area contributed by atoms with Crippen molar-refractivity contribution in [3.8, 4) is 11.5 Å². The van der Waals surface area contributed by atoms with Gasteiger partial charge in [0, 0.05) is 18.7 Å². The molecule has 9 nitrogen and oxygen atoms in total. The minimum absolute atomic E-state index is 0.0177. The van der Waals surface area contributed by atoms with Gasteiger partial charge < -0.3 is 31.0 Å². The SMILES string of the molecule is CCO[C@H](C(=O)NCc1ccc(C(=N)N)cc1)c1ccc(OC)c(OCC(N)=O)c1. The fourth-order valence-corrected chi connectivity index (χ4v) is 2.69. The van der Waals surface area contributed by atoms with E-state index in [1.165, 1.54) is 7.11 Å². The molecule has 0 saturated carbocycles. The maximum absolute atomic E-state index is 12.8. The third-order valence-corrected chi connectivity index (χ3v) is 4.16. The van der Waals surface area contributed by atoms with Gasteiger partial charge in [-0.1, -0.05) is 30.3 Å². The van der Waals surface area contributed by atoms with Gasteiger partial charge in [-0.15, -0.1) is 0 Å². The van der Waals surface area contributed by atoms with E-state index in [0.717, 1.165) is 5.56 Å². The third kappa shape index (κ3) is 6.21. The molecule has 0 spiro atoms. The van der Waals surface area contributed by atoms with Gasteiger partial charge in [-0.2, -0.15) is 0 Å². The Balaban J connectivity index is 2.14. The van der Waals surface area contributed by atoms with Crippen molar-refractivity contribution in [3.63, 3.8) is 0 Å². The number of carbonyl (C=O) groups excluding carboxylic acids is 2. The molecule has 0 radical (unpaired) electrons. The molecule has 2 rings (SSSR count). The van der Waals surface area contributed by atoms with Crippen LogP contribution in [0.2, 0.25) is 0 Å². The van der Waals surface area contributed by atoms with Crippen LogP contribution in [0.3, 0.4) is 0 Å². The van der Waals surface area contributed by atoms with Crippen molar-refractivity contribution in [1.82, 2.24) is 5.32 Å². The van der Waals surface area contributed by atoms with Crippen LogP contribution in [0.4, 0.5) is 0 Å². The van der Waals surface area contributed by atoms with Crippen LogP contribution >= 0.6 is 0 Å². The summed E-state index contributed by atoms with van der Waals surface area (Å²) in [6, 6.07) is 11.9.